The van der Waals surface area contributed by atoms with E-state index in [4.69, 9.17) is 9.47 Å². The van der Waals surface area contributed by atoms with E-state index in [0.717, 1.165) is 74.4 Å². The van der Waals surface area contributed by atoms with Crippen molar-refractivity contribution >= 4 is 6.16 Å². The number of carbonyl (C=O) groups is 1. The summed E-state index contributed by atoms with van der Waals surface area (Å²) in [6, 6.07) is 0. The molecule has 4 aliphatic heterocycles. The highest BCUT2D eigenvalue weighted by atomic mass is 16.7. The Morgan fingerprint density at radius 3 is 2.03 bits per heavy atom. The lowest BCUT2D eigenvalue weighted by atomic mass is 9.47. The van der Waals surface area contributed by atoms with Gasteiger partial charge in [0.1, 0.15) is 12.7 Å². The van der Waals surface area contributed by atoms with Crippen molar-refractivity contribution in [1.82, 2.24) is 24.5 Å². The van der Waals surface area contributed by atoms with Crippen molar-refractivity contribution in [1.29, 1.82) is 0 Å². The molecule has 0 bridgehead atoms. The summed E-state index contributed by atoms with van der Waals surface area (Å²) in [7, 11) is 0. The van der Waals surface area contributed by atoms with E-state index < -0.39 is 6.16 Å². The molecule has 8 aliphatic rings. The summed E-state index contributed by atoms with van der Waals surface area (Å²) in [6.07, 6.45) is 33.6. The normalized spacial score (nSPS) is 36.7. The van der Waals surface area contributed by atoms with Gasteiger partial charge in [-0.1, -0.05) is 91.2 Å². The lowest BCUT2D eigenvalue weighted by Gasteiger charge is -2.58. The molecule has 0 radical (unpaired) electrons. The van der Waals surface area contributed by atoms with E-state index in [0.29, 0.717) is 24.4 Å². The molecule has 0 N–H and O–H groups in total. The second-order valence-electron chi connectivity index (χ2n) is 23.4. The van der Waals surface area contributed by atoms with Crippen molar-refractivity contribution in [2.45, 2.75) is 201 Å². The smallest absolute Gasteiger partial charge is 0.433 e. The standard InChI is InChI=1S/C54H95N5O3/c1-42(2)17-12-18-43(3)47-23-24-48-46-22-21-44-41-45(25-27-53(44,4)49(46)26-28-54(47,48)5)62-52(60)61-40-39-55(29-13-33-58-37-15-35-56-31-10-6-8-19-50(56)58)30-14-34-59-38-16-36-57-32-11-7-9-20-51(57)59/h21,42-43,45-51H,6-20,22-41H2,1-5H3/t43-,45+,46?,47-,48+,49+,50?,51?,53+,54-/m1/s1. The number of hydrogen-bond acceptors (Lipinski definition) is 8. The van der Waals surface area contributed by atoms with E-state index >= 15 is 0 Å². The van der Waals surface area contributed by atoms with Crippen LogP contribution in [0.1, 0.15) is 182 Å². The highest BCUT2D eigenvalue weighted by Gasteiger charge is 2.59. The van der Waals surface area contributed by atoms with Crippen molar-refractivity contribution in [3.63, 3.8) is 0 Å². The van der Waals surface area contributed by atoms with Crippen molar-refractivity contribution in [2.24, 2.45) is 46.3 Å². The van der Waals surface area contributed by atoms with Crippen LogP contribution in [0.4, 0.5) is 4.79 Å². The van der Waals surface area contributed by atoms with Crippen molar-refractivity contribution in [3.8, 4) is 0 Å². The van der Waals surface area contributed by atoms with Crippen LogP contribution >= 0.6 is 0 Å². The number of rotatable bonds is 17. The lowest BCUT2D eigenvalue weighted by Crippen LogP contribution is -2.54. The molecule has 0 amide bonds. The molecule has 0 spiro atoms. The Labute approximate surface area is 381 Å². The predicted octanol–water partition coefficient (Wildman–Crippen LogP) is 11.4. The Bertz CT molecular complexity index is 1400. The minimum absolute atomic E-state index is 0.0490. The van der Waals surface area contributed by atoms with Crippen LogP contribution in [0.25, 0.3) is 0 Å². The first-order valence-corrected chi connectivity index (χ1v) is 27.3. The van der Waals surface area contributed by atoms with Crippen LogP contribution in [-0.4, -0.2) is 128 Å². The van der Waals surface area contributed by atoms with Gasteiger partial charge < -0.3 is 9.47 Å². The molecular weight excluding hydrogens is 767 g/mol. The van der Waals surface area contributed by atoms with Crippen molar-refractivity contribution < 1.29 is 14.3 Å². The van der Waals surface area contributed by atoms with E-state index in [1.54, 1.807) is 5.57 Å². The molecule has 4 aliphatic carbocycles. The number of carbonyl (C=O) groups excluding carboxylic acids is 1. The van der Waals surface area contributed by atoms with Gasteiger partial charge in [0.2, 0.25) is 0 Å². The van der Waals surface area contributed by atoms with Crippen LogP contribution in [-0.2, 0) is 9.47 Å². The Hall–Kier alpha value is -1.19. The van der Waals surface area contributed by atoms with E-state index in [2.05, 4.69) is 65.2 Å². The molecule has 0 aromatic carbocycles. The lowest BCUT2D eigenvalue weighted by molar-refractivity contribution is -0.0619. The zero-order valence-electron chi connectivity index (χ0n) is 41.0. The van der Waals surface area contributed by atoms with Gasteiger partial charge in [-0.2, -0.15) is 0 Å². The van der Waals surface area contributed by atoms with E-state index in [-0.39, 0.29) is 11.5 Å². The van der Waals surface area contributed by atoms with Gasteiger partial charge >= 0.3 is 6.16 Å². The summed E-state index contributed by atoms with van der Waals surface area (Å²) < 4.78 is 12.1. The van der Waals surface area contributed by atoms with Crippen LogP contribution in [0.5, 0.6) is 0 Å². The Balaban J connectivity index is 0.813. The third-order valence-corrected chi connectivity index (χ3v) is 19.3. The monoisotopic (exact) mass is 862 g/mol. The van der Waals surface area contributed by atoms with Crippen LogP contribution in [0.2, 0.25) is 0 Å². The maximum absolute atomic E-state index is 13.4. The first kappa shape index (κ1) is 47.3. The van der Waals surface area contributed by atoms with Crippen molar-refractivity contribution in [2.75, 3.05) is 78.6 Å². The molecule has 4 heterocycles. The van der Waals surface area contributed by atoms with E-state index in [9.17, 15) is 4.79 Å². The summed E-state index contributed by atoms with van der Waals surface area (Å²) >= 11 is 0. The summed E-state index contributed by atoms with van der Waals surface area (Å²) in [6.45, 7) is 26.0. The van der Waals surface area contributed by atoms with Gasteiger partial charge in [0.15, 0.2) is 0 Å². The third-order valence-electron chi connectivity index (χ3n) is 19.3. The maximum atomic E-state index is 13.4. The van der Waals surface area contributed by atoms with Crippen LogP contribution in [0, 0.1) is 46.3 Å². The van der Waals surface area contributed by atoms with Gasteiger partial charge in [0.05, 0.1) is 12.3 Å². The molecule has 8 heteroatoms. The van der Waals surface area contributed by atoms with Crippen molar-refractivity contribution in [3.05, 3.63) is 11.6 Å². The molecule has 8 rings (SSSR count). The zero-order chi connectivity index (χ0) is 43.1. The third kappa shape index (κ3) is 11.1. The highest BCUT2D eigenvalue weighted by molar-refractivity contribution is 5.60. The van der Waals surface area contributed by atoms with Crippen LogP contribution < -0.4 is 0 Å². The molecule has 4 saturated heterocycles. The summed E-state index contributed by atoms with van der Waals surface area (Å²) in [4.78, 5) is 27.1. The minimum atomic E-state index is -0.440. The quantitative estimate of drug-likeness (QED) is 0.106. The van der Waals surface area contributed by atoms with Crippen LogP contribution in [0.15, 0.2) is 11.6 Å². The average molecular weight is 862 g/mol. The molecule has 3 unspecified atom stereocenters. The summed E-state index contributed by atoms with van der Waals surface area (Å²) in [5, 5.41) is 0. The highest BCUT2D eigenvalue weighted by Crippen LogP contribution is 2.67. The second-order valence-corrected chi connectivity index (χ2v) is 23.4. The number of allylic oxidation sites excluding steroid dienone is 1. The molecule has 354 valence electrons. The summed E-state index contributed by atoms with van der Waals surface area (Å²) in [5.41, 5.74) is 2.38. The minimum Gasteiger partial charge on any atom is -0.433 e. The fourth-order valence-corrected chi connectivity index (χ4v) is 15.9. The Morgan fingerprint density at radius 1 is 0.710 bits per heavy atom. The molecule has 0 aromatic rings. The maximum Gasteiger partial charge on any atom is 0.508 e. The first-order chi connectivity index (χ1) is 30.1. The predicted molar refractivity (Wildman–Crippen MR) is 255 cm³/mol. The summed E-state index contributed by atoms with van der Waals surface area (Å²) in [5.74, 6) is 5.08. The Kier molecular flexibility index (Phi) is 16.8. The molecule has 8 nitrogen and oxygen atoms in total. The topological polar surface area (TPSA) is 51.7 Å². The molecule has 62 heavy (non-hydrogen) atoms. The number of ether oxygens (including phenoxy) is 2. The number of hydrogen-bond donors (Lipinski definition) is 0. The average Bonchev–Trinajstić information content (AvgIpc) is 3.40. The fraction of sp³-hybridized carbons (Fsp3) is 0.944. The molecular formula is C54H95N5O3. The first-order valence-electron chi connectivity index (χ1n) is 27.3. The second kappa shape index (κ2) is 22.1. The van der Waals surface area contributed by atoms with E-state index in [1.807, 2.05) is 0 Å². The fourth-order valence-electron chi connectivity index (χ4n) is 15.9. The molecule has 10 atom stereocenters. The van der Waals surface area contributed by atoms with Gasteiger partial charge in [0.25, 0.3) is 0 Å². The van der Waals surface area contributed by atoms with Gasteiger partial charge in [-0.3, -0.25) is 24.5 Å². The zero-order valence-corrected chi connectivity index (χ0v) is 41.0. The number of fused-ring (bicyclic) bond motifs is 7. The van der Waals surface area contributed by atoms with Gasteiger partial charge in [-0.05, 0) is 169 Å². The SMILES string of the molecule is CC(C)CCC[C@@H](C)[C@H]1CC[C@H]2C3CC=C4C[C@@H](OC(=O)OCCN(CCCN5CCCN6CCCCCC65)CCCN5CCCN6CCCCCC65)CC[C@]4(C)[C@H]3CC[C@]12C. The number of nitrogens with zero attached hydrogens (tertiary/aromatic N) is 5. The largest absolute Gasteiger partial charge is 0.508 e. The molecule has 3 saturated carbocycles. The van der Waals surface area contributed by atoms with Gasteiger partial charge in [0, 0.05) is 52.2 Å². The molecule has 7 fully saturated rings. The molecule has 0 aromatic heterocycles. The Morgan fingerprint density at radius 2 is 1.37 bits per heavy atom. The van der Waals surface area contributed by atoms with Crippen LogP contribution in [0.3, 0.4) is 0 Å². The van der Waals surface area contributed by atoms with Gasteiger partial charge in [-0.25, -0.2) is 4.79 Å². The van der Waals surface area contributed by atoms with E-state index in [1.165, 1.54) is 181 Å². The van der Waals surface area contributed by atoms with Gasteiger partial charge in [-0.15, -0.1) is 0 Å².